The Morgan fingerprint density at radius 1 is 1.12 bits per heavy atom. The molecule has 2 rings (SSSR count). The maximum Gasteiger partial charge on any atom is 0.231 e. The van der Waals surface area contributed by atoms with E-state index in [1.807, 2.05) is 6.07 Å². The third-order valence-corrected chi connectivity index (χ3v) is 3.20. The summed E-state index contributed by atoms with van der Waals surface area (Å²) in [4.78, 5) is 0. The topological polar surface area (TPSA) is 18.5 Å². The molecule has 1 aromatic carbocycles. The Morgan fingerprint density at radius 2 is 1.71 bits per heavy atom. The van der Waals surface area contributed by atoms with Gasteiger partial charge in [0, 0.05) is 0 Å². The SMILES string of the molecule is C=C.C[C@@H](c1ccc2c(c1)OCO2)C(C)(C)C. The summed E-state index contributed by atoms with van der Waals surface area (Å²) >= 11 is 0. The van der Waals surface area contributed by atoms with E-state index >= 15 is 0 Å². The van der Waals surface area contributed by atoms with Crippen LogP contribution in [0.2, 0.25) is 0 Å². The van der Waals surface area contributed by atoms with E-state index in [9.17, 15) is 0 Å². The molecule has 0 fully saturated rings. The van der Waals surface area contributed by atoms with Crippen LogP contribution in [-0.4, -0.2) is 6.79 Å². The lowest BCUT2D eigenvalue weighted by molar-refractivity contribution is 0.174. The second-order valence-electron chi connectivity index (χ2n) is 5.20. The minimum Gasteiger partial charge on any atom is -0.454 e. The molecular weight excluding hydrogens is 212 g/mol. The zero-order chi connectivity index (χ0) is 13.1. The van der Waals surface area contributed by atoms with Gasteiger partial charge in [-0.3, -0.25) is 0 Å². The third kappa shape index (κ3) is 3.02. The lowest BCUT2D eigenvalue weighted by Gasteiger charge is -2.27. The van der Waals surface area contributed by atoms with Crippen molar-refractivity contribution in [3.63, 3.8) is 0 Å². The minimum absolute atomic E-state index is 0.272. The standard InChI is InChI=1S/C13H18O2.C2H4/c1-9(13(2,3)4)10-5-6-11-12(7-10)15-8-14-11;1-2/h5-7,9H,8H2,1-4H3;1-2H2/t9-;/m0./s1. The van der Waals surface area contributed by atoms with Crippen molar-refractivity contribution in [3.8, 4) is 11.5 Å². The molecular formula is C15H22O2. The smallest absolute Gasteiger partial charge is 0.231 e. The van der Waals surface area contributed by atoms with Crippen LogP contribution in [0.1, 0.15) is 39.2 Å². The Hall–Kier alpha value is -1.44. The van der Waals surface area contributed by atoms with Crippen LogP contribution in [0.4, 0.5) is 0 Å². The molecule has 0 saturated heterocycles. The Morgan fingerprint density at radius 3 is 2.29 bits per heavy atom. The molecule has 0 bridgehead atoms. The highest BCUT2D eigenvalue weighted by molar-refractivity contribution is 5.45. The van der Waals surface area contributed by atoms with E-state index in [1.54, 1.807) is 0 Å². The molecule has 1 atom stereocenters. The first kappa shape index (κ1) is 13.6. The van der Waals surface area contributed by atoms with Crippen molar-refractivity contribution in [1.29, 1.82) is 0 Å². The van der Waals surface area contributed by atoms with Crippen molar-refractivity contribution < 1.29 is 9.47 Å². The van der Waals surface area contributed by atoms with Crippen LogP contribution in [0.25, 0.3) is 0 Å². The van der Waals surface area contributed by atoms with Crippen molar-refractivity contribution in [2.45, 2.75) is 33.6 Å². The van der Waals surface area contributed by atoms with Crippen molar-refractivity contribution in [1.82, 2.24) is 0 Å². The third-order valence-electron chi connectivity index (χ3n) is 3.20. The summed E-state index contributed by atoms with van der Waals surface area (Å²) in [6.45, 7) is 15.4. The largest absolute Gasteiger partial charge is 0.454 e. The van der Waals surface area contributed by atoms with Gasteiger partial charge in [-0.05, 0) is 29.0 Å². The van der Waals surface area contributed by atoms with Crippen LogP contribution in [0.5, 0.6) is 11.5 Å². The molecule has 0 saturated carbocycles. The van der Waals surface area contributed by atoms with Crippen molar-refractivity contribution in [2.24, 2.45) is 5.41 Å². The molecule has 0 N–H and O–H groups in total. The molecule has 1 heterocycles. The molecule has 2 heteroatoms. The molecule has 1 aliphatic heterocycles. The first-order valence-electron chi connectivity index (χ1n) is 5.88. The van der Waals surface area contributed by atoms with Crippen LogP contribution in [0, 0.1) is 5.41 Å². The molecule has 0 unspecified atom stereocenters. The van der Waals surface area contributed by atoms with Gasteiger partial charge in [-0.25, -0.2) is 0 Å². The molecule has 0 aliphatic carbocycles. The monoisotopic (exact) mass is 234 g/mol. The second kappa shape index (κ2) is 5.26. The van der Waals surface area contributed by atoms with Gasteiger partial charge < -0.3 is 9.47 Å². The summed E-state index contributed by atoms with van der Waals surface area (Å²) in [5.41, 5.74) is 1.58. The van der Waals surface area contributed by atoms with Gasteiger partial charge in [-0.1, -0.05) is 33.8 Å². The second-order valence-corrected chi connectivity index (χ2v) is 5.20. The zero-order valence-electron chi connectivity index (χ0n) is 11.2. The summed E-state index contributed by atoms with van der Waals surface area (Å²) in [6, 6.07) is 6.22. The average Bonchev–Trinajstić information content (AvgIpc) is 2.76. The van der Waals surface area contributed by atoms with E-state index in [2.05, 4.69) is 53.0 Å². The van der Waals surface area contributed by atoms with Gasteiger partial charge in [-0.15, -0.1) is 13.2 Å². The zero-order valence-corrected chi connectivity index (χ0v) is 11.2. The van der Waals surface area contributed by atoms with E-state index in [4.69, 9.17) is 9.47 Å². The molecule has 2 nitrogen and oxygen atoms in total. The summed E-state index contributed by atoms with van der Waals surface area (Å²) in [5.74, 6) is 2.25. The highest BCUT2D eigenvalue weighted by Gasteiger charge is 2.23. The van der Waals surface area contributed by atoms with Crippen molar-refractivity contribution in [3.05, 3.63) is 36.9 Å². The predicted molar refractivity (Wildman–Crippen MR) is 71.7 cm³/mol. The number of hydrogen-bond acceptors (Lipinski definition) is 2. The van der Waals surface area contributed by atoms with Crippen LogP contribution < -0.4 is 9.47 Å². The number of benzene rings is 1. The minimum atomic E-state index is 0.272. The molecule has 94 valence electrons. The van der Waals surface area contributed by atoms with E-state index in [-0.39, 0.29) is 5.41 Å². The number of fused-ring (bicyclic) bond motifs is 1. The first-order valence-corrected chi connectivity index (χ1v) is 5.88. The molecule has 0 spiro atoms. The molecule has 1 aromatic rings. The fourth-order valence-corrected chi connectivity index (χ4v) is 1.68. The summed E-state index contributed by atoms with van der Waals surface area (Å²) in [6.07, 6.45) is 0. The number of rotatable bonds is 1. The predicted octanol–water partition coefficient (Wildman–Crippen LogP) is 4.37. The number of hydrogen-bond donors (Lipinski definition) is 0. The highest BCUT2D eigenvalue weighted by Crippen LogP contribution is 2.39. The van der Waals surface area contributed by atoms with Crippen molar-refractivity contribution in [2.75, 3.05) is 6.79 Å². The quantitative estimate of drug-likeness (QED) is 0.672. The van der Waals surface area contributed by atoms with E-state index in [0.717, 1.165) is 11.5 Å². The van der Waals surface area contributed by atoms with E-state index in [0.29, 0.717) is 12.7 Å². The van der Waals surface area contributed by atoms with Crippen LogP contribution in [0.3, 0.4) is 0 Å². The van der Waals surface area contributed by atoms with Crippen molar-refractivity contribution >= 4 is 0 Å². The van der Waals surface area contributed by atoms with Gasteiger partial charge in [-0.2, -0.15) is 0 Å². The normalized spacial score (nSPS) is 14.8. The van der Waals surface area contributed by atoms with Gasteiger partial charge in [0.1, 0.15) is 0 Å². The molecule has 0 aromatic heterocycles. The van der Waals surface area contributed by atoms with Crippen LogP contribution in [-0.2, 0) is 0 Å². The Labute approximate surface area is 104 Å². The van der Waals surface area contributed by atoms with E-state index in [1.165, 1.54) is 5.56 Å². The van der Waals surface area contributed by atoms with Gasteiger partial charge in [0.2, 0.25) is 6.79 Å². The van der Waals surface area contributed by atoms with Gasteiger partial charge >= 0.3 is 0 Å². The molecule has 17 heavy (non-hydrogen) atoms. The first-order chi connectivity index (χ1) is 7.98. The number of ether oxygens (including phenoxy) is 2. The van der Waals surface area contributed by atoms with E-state index < -0.39 is 0 Å². The molecule has 0 radical (unpaired) electrons. The Bertz CT molecular complexity index is 377. The van der Waals surface area contributed by atoms with Gasteiger partial charge in [0.05, 0.1) is 0 Å². The fourth-order valence-electron chi connectivity index (χ4n) is 1.68. The molecule has 0 amide bonds. The summed E-state index contributed by atoms with van der Waals surface area (Å²) in [7, 11) is 0. The summed E-state index contributed by atoms with van der Waals surface area (Å²) in [5, 5.41) is 0. The average molecular weight is 234 g/mol. The maximum atomic E-state index is 5.38. The van der Waals surface area contributed by atoms with Crippen LogP contribution in [0.15, 0.2) is 31.4 Å². The summed E-state index contributed by atoms with van der Waals surface area (Å²) < 4.78 is 10.7. The maximum absolute atomic E-state index is 5.38. The fraction of sp³-hybridized carbons (Fsp3) is 0.467. The highest BCUT2D eigenvalue weighted by atomic mass is 16.7. The van der Waals surface area contributed by atoms with Gasteiger partial charge in [0.15, 0.2) is 11.5 Å². The molecule has 1 aliphatic rings. The Kier molecular flexibility index (Phi) is 4.22. The van der Waals surface area contributed by atoms with Crippen LogP contribution >= 0.6 is 0 Å². The Balaban J connectivity index is 0.000000686. The lowest BCUT2D eigenvalue weighted by Crippen LogP contribution is -2.15. The van der Waals surface area contributed by atoms with Gasteiger partial charge in [0.25, 0.3) is 0 Å². The lowest BCUT2D eigenvalue weighted by atomic mass is 9.78.